The first-order valence-electron chi connectivity index (χ1n) is 5.62. The smallest absolute Gasteiger partial charge is 0.435 e. The lowest BCUT2D eigenvalue weighted by Crippen LogP contribution is -2.32. The van der Waals surface area contributed by atoms with E-state index in [9.17, 15) is 18.0 Å². The van der Waals surface area contributed by atoms with Crippen molar-refractivity contribution < 1.29 is 23.1 Å². The number of nitrogens with zero attached hydrogens (tertiary/aromatic N) is 3. The summed E-state index contributed by atoms with van der Waals surface area (Å²) >= 11 is 0. The van der Waals surface area contributed by atoms with Crippen LogP contribution in [0.5, 0.6) is 0 Å². The zero-order chi connectivity index (χ0) is 14.3. The summed E-state index contributed by atoms with van der Waals surface area (Å²) in [7, 11) is 0. The second kappa shape index (κ2) is 4.36. The van der Waals surface area contributed by atoms with Crippen molar-refractivity contribution in [2.24, 2.45) is 5.41 Å². The molecule has 0 saturated carbocycles. The van der Waals surface area contributed by atoms with Crippen LogP contribution in [-0.2, 0) is 11.0 Å². The number of alkyl halides is 3. The topological polar surface area (TPSA) is 66.3 Å². The molecule has 0 aliphatic carbocycles. The molecule has 0 spiro atoms. The Hall–Kier alpha value is -1.86. The van der Waals surface area contributed by atoms with Gasteiger partial charge in [-0.2, -0.15) is 13.2 Å². The highest BCUT2D eigenvalue weighted by Gasteiger charge is 2.41. The molecule has 19 heavy (non-hydrogen) atoms. The standard InChI is InChI=1S/C11H12F3N3O2/c1-10(9(18)19)4-5-17(6-10)8-3-2-7(15-16-8)11(12,13)14/h2-3H,4-6H2,1H3,(H,18,19). The van der Waals surface area contributed by atoms with Gasteiger partial charge in [-0.15, -0.1) is 10.2 Å². The highest BCUT2D eigenvalue weighted by atomic mass is 19.4. The Kier molecular flexibility index (Phi) is 3.11. The van der Waals surface area contributed by atoms with Crippen molar-refractivity contribution in [3.63, 3.8) is 0 Å². The van der Waals surface area contributed by atoms with Gasteiger partial charge in [-0.05, 0) is 25.5 Å². The van der Waals surface area contributed by atoms with Crippen molar-refractivity contribution in [3.05, 3.63) is 17.8 Å². The minimum atomic E-state index is -4.52. The van der Waals surface area contributed by atoms with Gasteiger partial charge in [-0.3, -0.25) is 4.79 Å². The molecule has 2 rings (SSSR count). The Labute approximate surface area is 107 Å². The van der Waals surface area contributed by atoms with E-state index in [0.29, 0.717) is 13.0 Å². The van der Waals surface area contributed by atoms with Crippen molar-refractivity contribution in [3.8, 4) is 0 Å². The van der Waals surface area contributed by atoms with Gasteiger partial charge in [-0.1, -0.05) is 0 Å². The van der Waals surface area contributed by atoms with Crippen molar-refractivity contribution >= 4 is 11.8 Å². The molecule has 5 nitrogen and oxygen atoms in total. The van der Waals surface area contributed by atoms with Gasteiger partial charge in [-0.25, -0.2) is 0 Å². The third-order valence-corrected chi connectivity index (χ3v) is 3.25. The third kappa shape index (κ3) is 2.61. The number of aromatic nitrogens is 2. The van der Waals surface area contributed by atoms with Crippen LogP contribution in [0.2, 0.25) is 0 Å². The number of rotatable bonds is 2. The van der Waals surface area contributed by atoms with Crippen LogP contribution in [0.25, 0.3) is 0 Å². The van der Waals surface area contributed by atoms with Gasteiger partial charge in [0.2, 0.25) is 0 Å². The van der Waals surface area contributed by atoms with Gasteiger partial charge in [0.25, 0.3) is 0 Å². The Morgan fingerprint density at radius 1 is 1.42 bits per heavy atom. The van der Waals surface area contributed by atoms with E-state index < -0.39 is 23.3 Å². The van der Waals surface area contributed by atoms with Crippen LogP contribution in [0.15, 0.2) is 12.1 Å². The van der Waals surface area contributed by atoms with Crippen LogP contribution in [0.4, 0.5) is 19.0 Å². The molecule has 8 heteroatoms. The summed E-state index contributed by atoms with van der Waals surface area (Å²) in [5.41, 5.74) is -1.96. The molecule has 1 unspecified atom stereocenters. The fraction of sp³-hybridized carbons (Fsp3) is 0.545. The molecule has 0 aromatic carbocycles. The summed E-state index contributed by atoms with van der Waals surface area (Å²) in [5.74, 6) is -0.659. The molecule has 104 valence electrons. The normalized spacial score (nSPS) is 23.7. The van der Waals surface area contributed by atoms with E-state index in [1.54, 1.807) is 11.8 Å². The van der Waals surface area contributed by atoms with Crippen LogP contribution in [0.1, 0.15) is 19.0 Å². The van der Waals surface area contributed by atoms with Gasteiger partial charge < -0.3 is 10.0 Å². The van der Waals surface area contributed by atoms with E-state index >= 15 is 0 Å². The fourth-order valence-electron chi connectivity index (χ4n) is 1.98. The summed E-state index contributed by atoms with van der Waals surface area (Å²) in [5, 5.41) is 15.7. The van der Waals surface area contributed by atoms with Gasteiger partial charge in [0.1, 0.15) is 0 Å². The van der Waals surface area contributed by atoms with E-state index in [2.05, 4.69) is 10.2 Å². The van der Waals surface area contributed by atoms with E-state index in [-0.39, 0.29) is 12.4 Å². The van der Waals surface area contributed by atoms with Crippen LogP contribution in [0.3, 0.4) is 0 Å². The minimum Gasteiger partial charge on any atom is -0.481 e. The van der Waals surface area contributed by atoms with Crippen LogP contribution >= 0.6 is 0 Å². The number of carboxylic acids is 1. The summed E-state index contributed by atoms with van der Waals surface area (Å²) in [4.78, 5) is 12.7. The summed E-state index contributed by atoms with van der Waals surface area (Å²) in [6.07, 6.45) is -4.10. The molecule has 1 aromatic heterocycles. The Morgan fingerprint density at radius 2 is 2.11 bits per heavy atom. The molecule has 1 aromatic rings. The van der Waals surface area contributed by atoms with Crippen LogP contribution < -0.4 is 4.90 Å². The molecule has 0 radical (unpaired) electrons. The summed E-state index contributed by atoms with van der Waals surface area (Å²) in [6, 6.07) is 2.06. The van der Waals surface area contributed by atoms with E-state index in [0.717, 1.165) is 6.07 Å². The quantitative estimate of drug-likeness (QED) is 0.891. The number of hydrogen-bond acceptors (Lipinski definition) is 4. The number of halogens is 3. The lowest BCUT2D eigenvalue weighted by atomic mass is 9.90. The minimum absolute atomic E-state index is 0.211. The zero-order valence-corrected chi connectivity index (χ0v) is 10.1. The van der Waals surface area contributed by atoms with Crippen molar-refractivity contribution in [2.75, 3.05) is 18.0 Å². The molecule has 1 aliphatic rings. The number of hydrogen-bond donors (Lipinski definition) is 1. The largest absolute Gasteiger partial charge is 0.481 e. The highest BCUT2D eigenvalue weighted by Crippen LogP contribution is 2.33. The monoisotopic (exact) mass is 275 g/mol. The number of carbonyl (C=O) groups is 1. The second-order valence-corrected chi connectivity index (χ2v) is 4.81. The van der Waals surface area contributed by atoms with Crippen molar-refractivity contribution in [1.29, 1.82) is 0 Å². The maximum Gasteiger partial charge on any atom is 0.435 e. The molecule has 1 atom stereocenters. The SMILES string of the molecule is CC1(C(=O)O)CCN(c2ccc(C(F)(F)F)nn2)C1. The van der Waals surface area contributed by atoms with Crippen LogP contribution in [0, 0.1) is 5.41 Å². The Bertz CT molecular complexity index is 489. The molecule has 1 saturated heterocycles. The summed E-state index contributed by atoms with van der Waals surface area (Å²) in [6.45, 7) is 2.25. The molecular formula is C11H12F3N3O2. The number of aliphatic carboxylic acids is 1. The van der Waals surface area contributed by atoms with Gasteiger partial charge in [0.05, 0.1) is 5.41 Å². The van der Waals surface area contributed by atoms with Gasteiger partial charge in [0, 0.05) is 13.1 Å². The van der Waals surface area contributed by atoms with Crippen LogP contribution in [-0.4, -0.2) is 34.4 Å². The molecule has 1 fully saturated rings. The highest BCUT2D eigenvalue weighted by molar-refractivity contribution is 5.76. The predicted molar refractivity (Wildman–Crippen MR) is 59.6 cm³/mol. The lowest BCUT2D eigenvalue weighted by Gasteiger charge is -2.20. The maximum absolute atomic E-state index is 12.3. The summed E-state index contributed by atoms with van der Waals surface area (Å²) < 4.78 is 37.0. The average Bonchev–Trinajstić information content (AvgIpc) is 2.72. The van der Waals surface area contributed by atoms with E-state index in [1.807, 2.05) is 0 Å². The zero-order valence-electron chi connectivity index (χ0n) is 10.1. The number of anilines is 1. The fourth-order valence-corrected chi connectivity index (χ4v) is 1.98. The first-order valence-corrected chi connectivity index (χ1v) is 5.62. The Morgan fingerprint density at radius 3 is 2.53 bits per heavy atom. The average molecular weight is 275 g/mol. The second-order valence-electron chi connectivity index (χ2n) is 4.81. The molecule has 1 N–H and O–H groups in total. The molecule has 0 amide bonds. The molecule has 0 bridgehead atoms. The number of carboxylic acid groups (broad SMARTS) is 1. The lowest BCUT2D eigenvalue weighted by molar-refractivity contribution is -0.146. The maximum atomic E-state index is 12.3. The molecule has 1 aliphatic heterocycles. The third-order valence-electron chi connectivity index (χ3n) is 3.25. The van der Waals surface area contributed by atoms with E-state index in [1.165, 1.54) is 6.07 Å². The van der Waals surface area contributed by atoms with Gasteiger partial charge >= 0.3 is 12.1 Å². The first kappa shape index (κ1) is 13.6. The Balaban J connectivity index is 2.15. The first-order chi connectivity index (χ1) is 8.72. The van der Waals surface area contributed by atoms with Crippen molar-refractivity contribution in [1.82, 2.24) is 10.2 Å². The predicted octanol–water partition coefficient (Wildman–Crippen LogP) is 1.80. The van der Waals surface area contributed by atoms with Crippen molar-refractivity contribution in [2.45, 2.75) is 19.5 Å². The molecule has 2 heterocycles. The van der Waals surface area contributed by atoms with E-state index in [4.69, 9.17) is 5.11 Å². The molecular weight excluding hydrogens is 263 g/mol. The van der Waals surface area contributed by atoms with Gasteiger partial charge in [0.15, 0.2) is 11.5 Å².